The minimum Gasteiger partial charge on any atom is -0.489 e. The maximum Gasteiger partial charge on any atom is 0.421 e. The van der Waals surface area contributed by atoms with Crippen LogP contribution in [0.1, 0.15) is 25.7 Å². The molecule has 3 heterocycles. The lowest BCUT2D eigenvalue weighted by Gasteiger charge is -2.35. The Hall–Kier alpha value is -2.65. The predicted octanol–water partition coefficient (Wildman–Crippen LogP) is 0.826. The molecule has 0 saturated heterocycles. The van der Waals surface area contributed by atoms with E-state index in [-0.39, 0.29) is 0 Å². The summed E-state index contributed by atoms with van der Waals surface area (Å²) in [6.07, 6.45) is 8.58. The monoisotopic (exact) mass is 416 g/mol. The third-order valence-electron chi connectivity index (χ3n) is 5.57. The van der Waals surface area contributed by atoms with Crippen molar-refractivity contribution in [2.75, 3.05) is 44.3 Å². The van der Waals surface area contributed by atoms with Gasteiger partial charge in [-0.2, -0.15) is 0 Å². The van der Waals surface area contributed by atoms with Crippen molar-refractivity contribution < 1.29 is 25.5 Å². The molecule has 6 N–H and O–H groups in total. The third kappa shape index (κ3) is 4.57. The molecule has 9 heteroatoms. The van der Waals surface area contributed by atoms with Gasteiger partial charge in [0.1, 0.15) is 36.1 Å². The second kappa shape index (κ2) is 9.90. The van der Waals surface area contributed by atoms with Crippen LogP contribution in [0.2, 0.25) is 0 Å². The number of nitrogens with zero attached hydrogens (tertiary/aromatic N) is 5. The van der Waals surface area contributed by atoms with Gasteiger partial charge in [0, 0.05) is 17.2 Å². The fraction of sp³-hybridized carbons (Fsp3) is 0.571. The molecule has 162 valence electrons. The number of unbranched alkanes of at least 4 members (excludes halogenated alkanes) is 2. The van der Waals surface area contributed by atoms with Crippen molar-refractivity contribution in [2.45, 2.75) is 38.8 Å². The first-order valence-electron chi connectivity index (χ1n) is 11.1. The molecule has 0 unspecified atom stereocenters. The van der Waals surface area contributed by atoms with Gasteiger partial charge in [0.2, 0.25) is 0 Å². The van der Waals surface area contributed by atoms with Gasteiger partial charge in [-0.3, -0.25) is 0 Å². The van der Waals surface area contributed by atoms with Crippen molar-refractivity contribution in [1.29, 1.82) is 0 Å². The Bertz CT molecular complexity index is 822. The van der Waals surface area contributed by atoms with Crippen LogP contribution in [0.3, 0.4) is 0 Å². The highest BCUT2D eigenvalue weighted by Crippen LogP contribution is 2.45. The van der Waals surface area contributed by atoms with Crippen LogP contribution in [0.5, 0.6) is 11.5 Å². The largest absolute Gasteiger partial charge is 0.489 e. The molecule has 1 aromatic carbocycles. The lowest BCUT2D eigenvalue weighted by Crippen LogP contribution is -2.50. The first-order chi connectivity index (χ1) is 14.8. The quantitative estimate of drug-likeness (QED) is 0.340. The maximum atomic E-state index is 5.88. The smallest absolute Gasteiger partial charge is 0.421 e. The van der Waals surface area contributed by atoms with Gasteiger partial charge >= 0.3 is 5.95 Å². The van der Waals surface area contributed by atoms with Crippen LogP contribution in [0.15, 0.2) is 34.8 Å². The van der Waals surface area contributed by atoms with E-state index in [1.807, 2.05) is 12.1 Å². The van der Waals surface area contributed by atoms with Crippen LogP contribution in [0.4, 0.5) is 17.3 Å². The van der Waals surface area contributed by atoms with Crippen molar-refractivity contribution in [3.05, 3.63) is 24.5 Å². The van der Waals surface area contributed by atoms with E-state index in [1.54, 1.807) is 0 Å². The molecule has 0 radical (unpaired) electrons. The number of aromatic nitrogens is 2. The zero-order chi connectivity index (χ0) is 20.8. The fourth-order valence-corrected chi connectivity index (χ4v) is 3.97. The van der Waals surface area contributed by atoms with E-state index in [9.17, 15) is 0 Å². The molecule has 0 amide bonds. The molecule has 9 nitrogen and oxygen atoms in total. The van der Waals surface area contributed by atoms with Gasteiger partial charge in [0.15, 0.2) is 0 Å². The zero-order valence-electron chi connectivity index (χ0n) is 17.8. The van der Waals surface area contributed by atoms with Crippen molar-refractivity contribution in [2.24, 2.45) is 10.2 Å². The molecule has 2 aliphatic rings. The lowest BCUT2D eigenvalue weighted by atomic mass is 10.1. The van der Waals surface area contributed by atoms with Crippen LogP contribution in [-0.4, -0.2) is 44.0 Å². The summed E-state index contributed by atoms with van der Waals surface area (Å²) in [4.78, 5) is 2.32. The topological polar surface area (TPSA) is 111 Å². The van der Waals surface area contributed by atoms with Crippen LogP contribution in [-0.2, 0) is 13.1 Å². The van der Waals surface area contributed by atoms with Crippen LogP contribution in [0, 0.1) is 0 Å². The Morgan fingerprint density at radius 2 is 1.63 bits per heavy atom. The van der Waals surface area contributed by atoms with Crippen molar-refractivity contribution in [1.82, 2.24) is 4.57 Å². The van der Waals surface area contributed by atoms with Crippen molar-refractivity contribution >= 4 is 17.3 Å². The number of hydrogen-bond donors (Lipinski definition) is 2. The zero-order valence-corrected chi connectivity index (χ0v) is 17.8. The summed E-state index contributed by atoms with van der Waals surface area (Å²) in [6.45, 7) is 6.93. The van der Waals surface area contributed by atoms with E-state index >= 15 is 0 Å². The highest BCUT2D eigenvalue weighted by Gasteiger charge is 2.27. The van der Waals surface area contributed by atoms with E-state index in [0.717, 1.165) is 93.8 Å². The van der Waals surface area contributed by atoms with Crippen molar-refractivity contribution in [3.63, 3.8) is 0 Å². The number of azo groups is 1. The molecule has 0 saturated carbocycles. The molecule has 0 spiro atoms. The number of hydrogen-bond acceptors (Lipinski definition) is 5. The van der Waals surface area contributed by atoms with Gasteiger partial charge < -0.3 is 25.8 Å². The number of imidazole rings is 1. The normalized spacial score (nSPS) is 15.2. The maximum absolute atomic E-state index is 5.88. The van der Waals surface area contributed by atoms with E-state index in [4.69, 9.17) is 9.47 Å². The van der Waals surface area contributed by atoms with Gasteiger partial charge in [0.05, 0.1) is 51.7 Å². The number of benzene rings is 1. The summed E-state index contributed by atoms with van der Waals surface area (Å²) in [5.74, 6) is 2.54. The Morgan fingerprint density at radius 1 is 0.933 bits per heavy atom. The summed E-state index contributed by atoms with van der Waals surface area (Å²) >= 11 is 0. The minimum absolute atomic E-state index is 0.689. The molecule has 0 fully saturated rings. The summed E-state index contributed by atoms with van der Waals surface area (Å²) < 4.78 is 16.1. The Morgan fingerprint density at radius 3 is 2.33 bits per heavy atom. The SMILES string of the molecule is [NH3+]CCCCn1cc[n+](CCCC[NH3+])c1N=Nc1cc2c3c(c1)OCCN3CCO2. The molecule has 4 rings (SSSR count). The van der Waals surface area contributed by atoms with E-state index < -0.39 is 0 Å². The van der Waals surface area contributed by atoms with Gasteiger partial charge in [0.25, 0.3) is 0 Å². The molecule has 2 aromatic rings. The second-order valence-corrected chi connectivity index (χ2v) is 7.78. The van der Waals surface area contributed by atoms with Crippen LogP contribution >= 0.6 is 0 Å². The molecule has 30 heavy (non-hydrogen) atoms. The van der Waals surface area contributed by atoms with Gasteiger partial charge in [-0.25, -0.2) is 9.13 Å². The summed E-state index contributed by atoms with van der Waals surface area (Å²) in [5.41, 5.74) is 9.68. The molecule has 0 aliphatic carbocycles. The molecular weight excluding hydrogens is 382 g/mol. The Kier molecular flexibility index (Phi) is 6.81. The molecule has 0 atom stereocenters. The number of ether oxygens (including phenoxy) is 2. The Balaban J connectivity index is 1.58. The lowest BCUT2D eigenvalue weighted by molar-refractivity contribution is -0.684. The average Bonchev–Trinajstić information content (AvgIpc) is 3.15. The summed E-state index contributed by atoms with van der Waals surface area (Å²) in [6, 6.07) is 3.93. The van der Waals surface area contributed by atoms with Crippen molar-refractivity contribution in [3.8, 4) is 11.5 Å². The second-order valence-electron chi connectivity index (χ2n) is 7.78. The summed E-state index contributed by atoms with van der Waals surface area (Å²) in [7, 11) is 0. The average molecular weight is 417 g/mol. The first kappa shape index (κ1) is 20.6. The van der Waals surface area contributed by atoms with Crippen LogP contribution < -0.4 is 30.4 Å². The van der Waals surface area contributed by atoms with Gasteiger partial charge in [-0.15, -0.1) is 0 Å². The first-order valence-corrected chi connectivity index (χ1v) is 11.1. The van der Waals surface area contributed by atoms with E-state index in [2.05, 4.69) is 48.1 Å². The fourth-order valence-electron chi connectivity index (χ4n) is 3.97. The highest BCUT2D eigenvalue weighted by atomic mass is 16.5. The standard InChI is InChI=1S/C21H32N7O2/c22-5-1-3-7-27-9-10-28(8-4-2-6-23)21(27)25-24-17-15-18-20-19(16-17)30-14-12-26(20)11-13-29-18/h9-10,15-16H,1-8,11-14,22-23H2/q+1/p+2. The molecule has 1 aromatic heterocycles. The number of quaternary nitrogens is 2. The van der Waals surface area contributed by atoms with Gasteiger partial charge in [-0.1, -0.05) is 5.11 Å². The Labute approximate surface area is 177 Å². The van der Waals surface area contributed by atoms with E-state index in [1.165, 1.54) is 0 Å². The number of rotatable bonds is 10. The number of aryl methyl sites for hydroxylation is 2. The van der Waals surface area contributed by atoms with Gasteiger partial charge in [-0.05, 0) is 25.7 Å². The summed E-state index contributed by atoms with van der Waals surface area (Å²) in [5, 5.41) is 9.22. The predicted molar refractivity (Wildman–Crippen MR) is 112 cm³/mol. The molecule has 0 bridgehead atoms. The number of anilines is 1. The minimum atomic E-state index is 0.689. The van der Waals surface area contributed by atoms with E-state index in [0.29, 0.717) is 13.2 Å². The van der Waals surface area contributed by atoms with Crippen LogP contribution in [0.25, 0.3) is 0 Å². The third-order valence-corrected chi connectivity index (χ3v) is 5.57. The highest BCUT2D eigenvalue weighted by molar-refractivity contribution is 5.74. The molecular formula is C21H34N7O2+3. The molecule has 2 aliphatic heterocycles.